The van der Waals surface area contributed by atoms with E-state index in [-0.39, 0.29) is 18.3 Å². The third kappa shape index (κ3) is 3.93. The zero-order chi connectivity index (χ0) is 20.1. The number of hydrogen-bond acceptors (Lipinski definition) is 5. The number of ether oxygens (including phenoxy) is 3. The predicted octanol–water partition coefficient (Wildman–Crippen LogP) is 4.02. The maximum Gasteiger partial charge on any atom is 0.317 e. The number of esters is 1. The fraction of sp³-hybridized carbons (Fsp3) is 0.304. The van der Waals surface area contributed by atoms with Gasteiger partial charge in [0, 0.05) is 5.92 Å². The number of benzene rings is 2. The van der Waals surface area contributed by atoms with Gasteiger partial charge < -0.3 is 14.2 Å². The van der Waals surface area contributed by atoms with Crippen molar-refractivity contribution in [2.45, 2.75) is 19.3 Å². The Morgan fingerprint density at radius 3 is 2.39 bits per heavy atom. The van der Waals surface area contributed by atoms with Gasteiger partial charge in [0.05, 0.1) is 20.8 Å². The number of carbonyl (C=O) groups excluding carboxylic acids is 2. The monoisotopic (exact) mass is 380 g/mol. The molecule has 0 radical (unpaired) electrons. The number of ketones is 1. The van der Waals surface area contributed by atoms with E-state index in [1.165, 1.54) is 0 Å². The van der Waals surface area contributed by atoms with Crippen LogP contribution in [-0.4, -0.2) is 32.6 Å². The van der Waals surface area contributed by atoms with E-state index in [1.54, 1.807) is 27.2 Å². The van der Waals surface area contributed by atoms with Gasteiger partial charge in [-0.25, -0.2) is 0 Å². The molecule has 0 fully saturated rings. The quantitative estimate of drug-likeness (QED) is 0.559. The molecule has 0 bridgehead atoms. The topological polar surface area (TPSA) is 61.8 Å². The number of methoxy groups -OCH3 is 2. The Morgan fingerprint density at radius 2 is 1.75 bits per heavy atom. The van der Waals surface area contributed by atoms with Gasteiger partial charge in [0.25, 0.3) is 0 Å². The molecule has 0 aliphatic heterocycles. The smallest absolute Gasteiger partial charge is 0.317 e. The first kappa shape index (κ1) is 19.7. The highest BCUT2D eigenvalue weighted by Gasteiger charge is 2.39. The molecule has 0 aromatic heterocycles. The number of hydrogen-bond donors (Lipinski definition) is 0. The van der Waals surface area contributed by atoms with Gasteiger partial charge in [0.1, 0.15) is 5.92 Å². The Kier molecular flexibility index (Phi) is 6.14. The van der Waals surface area contributed by atoms with E-state index in [2.05, 4.69) is 0 Å². The number of allylic oxidation sites excluding steroid dienone is 2. The first-order valence-corrected chi connectivity index (χ1v) is 9.27. The lowest BCUT2D eigenvalue weighted by atomic mass is 9.73. The normalized spacial score (nSPS) is 19.0. The highest BCUT2D eigenvalue weighted by atomic mass is 16.5. The summed E-state index contributed by atoms with van der Waals surface area (Å²) in [5, 5.41) is 0. The minimum Gasteiger partial charge on any atom is -0.493 e. The van der Waals surface area contributed by atoms with Gasteiger partial charge >= 0.3 is 5.97 Å². The second-order valence-corrected chi connectivity index (χ2v) is 6.59. The molecule has 0 saturated heterocycles. The van der Waals surface area contributed by atoms with E-state index < -0.39 is 11.9 Å². The fourth-order valence-corrected chi connectivity index (χ4v) is 3.63. The summed E-state index contributed by atoms with van der Waals surface area (Å²) in [6.07, 6.45) is 2.11. The van der Waals surface area contributed by atoms with Gasteiger partial charge in [0.15, 0.2) is 17.3 Å². The summed E-state index contributed by atoms with van der Waals surface area (Å²) in [6, 6.07) is 15.2. The summed E-state index contributed by atoms with van der Waals surface area (Å²) in [5.74, 6) is -0.588. The fourth-order valence-electron chi connectivity index (χ4n) is 3.63. The summed E-state index contributed by atoms with van der Waals surface area (Å²) in [7, 11) is 3.15. The average Bonchev–Trinajstić information content (AvgIpc) is 2.73. The van der Waals surface area contributed by atoms with Crippen LogP contribution in [0.4, 0.5) is 0 Å². The van der Waals surface area contributed by atoms with E-state index in [1.807, 2.05) is 48.5 Å². The van der Waals surface area contributed by atoms with E-state index in [0.29, 0.717) is 17.9 Å². The van der Waals surface area contributed by atoms with Crippen LogP contribution in [0.15, 0.2) is 54.6 Å². The number of rotatable bonds is 6. The van der Waals surface area contributed by atoms with Gasteiger partial charge in [-0.2, -0.15) is 0 Å². The molecular weight excluding hydrogens is 356 g/mol. The molecule has 0 amide bonds. The van der Waals surface area contributed by atoms with Gasteiger partial charge in [-0.15, -0.1) is 0 Å². The van der Waals surface area contributed by atoms with Crippen LogP contribution in [0.1, 0.15) is 30.4 Å². The van der Waals surface area contributed by atoms with Crippen molar-refractivity contribution in [3.05, 3.63) is 65.7 Å². The molecule has 0 heterocycles. The van der Waals surface area contributed by atoms with Crippen molar-refractivity contribution in [1.29, 1.82) is 0 Å². The van der Waals surface area contributed by atoms with Crippen LogP contribution in [0.5, 0.6) is 11.5 Å². The second-order valence-electron chi connectivity index (χ2n) is 6.59. The lowest BCUT2D eigenvalue weighted by Crippen LogP contribution is -2.34. The molecule has 2 aromatic rings. The molecule has 0 unspecified atom stereocenters. The standard InChI is InChI=1S/C23H24O5/c1-4-28-23(25)22-18(15-8-6-5-7-9-15)12-17(13-19(22)24)16-10-11-20(26-2)21(14-16)27-3/h5-11,13-14,18,22H,4,12H2,1-3H3/t18-,22-/m1/s1. The van der Waals surface area contributed by atoms with E-state index in [4.69, 9.17) is 14.2 Å². The van der Waals surface area contributed by atoms with Crippen LogP contribution in [0.25, 0.3) is 5.57 Å². The SMILES string of the molecule is CCOC(=O)[C@H]1C(=O)C=C(c2ccc(OC)c(OC)c2)C[C@@H]1c1ccccc1. The van der Waals surface area contributed by atoms with Gasteiger partial charge in [-0.1, -0.05) is 36.4 Å². The Hall–Kier alpha value is -3.08. The summed E-state index contributed by atoms with van der Waals surface area (Å²) < 4.78 is 15.9. The van der Waals surface area contributed by atoms with Crippen molar-refractivity contribution in [3.8, 4) is 11.5 Å². The van der Waals surface area contributed by atoms with Gasteiger partial charge in [-0.3, -0.25) is 9.59 Å². The molecule has 0 saturated carbocycles. The second kappa shape index (κ2) is 8.74. The van der Waals surface area contributed by atoms with Crippen molar-refractivity contribution in [2.75, 3.05) is 20.8 Å². The Bertz CT molecular complexity index is 885. The minimum absolute atomic E-state index is 0.233. The average molecular weight is 380 g/mol. The summed E-state index contributed by atoms with van der Waals surface area (Å²) in [5.41, 5.74) is 2.68. The van der Waals surface area contributed by atoms with Crippen molar-refractivity contribution in [2.24, 2.45) is 5.92 Å². The molecule has 2 aromatic carbocycles. The highest BCUT2D eigenvalue weighted by molar-refractivity contribution is 6.10. The summed E-state index contributed by atoms with van der Waals surface area (Å²) in [6.45, 7) is 1.99. The molecule has 0 N–H and O–H groups in total. The minimum atomic E-state index is -0.828. The van der Waals surface area contributed by atoms with Crippen LogP contribution in [0.3, 0.4) is 0 Å². The molecule has 28 heavy (non-hydrogen) atoms. The molecule has 5 nitrogen and oxygen atoms in total. The summed E-state index contributed by atoms with van der Waals surface area (Å²) in [4.78, 5) is 25.4. The zero-order valence-electron chi connectivity index (χ0n) is 16.3. The first-order valence-electron chi connectivity index (χ1n) is 9.27. The Morgan fingerprint density at radius 1 is 1.04 bits per heavy atom. The largest absolute Gasteiger partial charge is 0.493 e. The van der Waals surface area contributed by atoms with Crippen LogP contribution >= 0.6 is 0 Å². The maximum atomic E-state index is 12.9. The maximum absolute atomic E-state index is 12.9. The van der Waals surface area contributed by atoms with Crippen molar-refractivity contribution >= 4 is 17.3 Å². The van der Waals surface area contributed by atoms with E-state index in [0.717, 1.165) is 16.7 Å². The summed E-state index contributed by atoms with van der Waals surface area (Å²) >= 11 is 0. The van der Waals surface area contributed by atoms with E-state index >= 15 is 0 Å². The molecular formula is C23H24O5. The molecule has 1 aliphatic rings. The van der Waals surface area contributed by atoms with Crippen LogP contribution < -0.4 is 9.47 Å². The molecule has 146 valence electrons. The lowest BCUT2D eigenvalue weighted by molar-refractivity contribution is -0.151. The molecule has 5 heteroatoms. The van der Waals surface area contributed by atoms with Gasteiger partial charge in [-0.05, 0) is 48.3 Å². The van der Waals surface area contributed by atoms with Crippen molar-refractivity contribution in [3.63, 3.8) is 0 Å². The van der Waals surface area contributed by atoms with E-state index in [9.17, 15) is 9.59 Å². The lowest BCUT2D eigenvalue weighted by Gasteiger charge is -2.29. The molecule has 3 rings (SSSR count). The predicted molar refractivity (Wildman–Crippen MR) is 106 cm³/mol. The molecule has 0 spiro atoms. The highest BCUT2D eigenvalue weighted by Crippen LogP contribution is 2.41. The third-order valence-corrected chi connectivity index (χ3v) is 4.99. The number of carbonyl (C=O) groups is 2. The first-order chi connectivity index (χ1) is 13.6. The van der Waals surface area contributed by atoms with Crippen molar-refractivity contribution < 1.29 is 23.8 Å². The molecule has 2 atom stereocenters. The Balaban J connectivity index is 2.02. The molecule has 1 aliphatic carbocycles. The van der Waals surface area contributed by atoms with Crippen molar-refractivity contribution in [1.82, 2.24) is 0 Å². The third-order valence-electron chi connectivity index (χ3n) is 4.99. The zero-order valence-corrected chi connectivity index (χ0v) is 16.3. The van der Waals surface area contributed by atoms with Crippen LogP contribution in [0, 0.1) is 5.92 Å². The van der Waals surface area contributed by atoms with Crippen LogP contribution in [0.2, 0.25) is 0 Å². The van der Waals surface area contributed by atoms with Gasteiger partial charge in [0.2, 0.25) is 0 Å². The van der Waals surface area contributed by atoms with Crippen LogP contribution in [-0.2, 0) is 14.3 Å². The Labute approximate surface area is 164 Å².